The lowest BCUT2D eigenvalue weighted by Gasteiger charge is -2.09. The van der Waals surface area contributed by atoms with Crippen LogP contribution < -0.4 is 0 Å². The van der Waals surface area contributed by atoms with E-state index in [1.54, 1.807) is 0 Å². The van der Waals surface area contributed by atoms with Crippen LogP contribution in [0.15, 0.2) is 24.3 Å². The van der Waals surface area contributed by atoms with E-state index in [1.165, 1.54) is 0 Å². The fourth-order valence-electron chi connectivity index (χ4n) is 2.58. The van der Waals surface area contributed by atoms with Gasteiger partial charge in [0, 0.05) is 18.5 Å². The van der Waals surface area contributed by atoms with Gasteiger partial charge in [-0.05, 0) is 32.9 Å². The molecular weight excluding hydrogens is 284 g/mol. The van der Waals surface area contributed by atoms with E-state index < -0.39 is 0 Å². The molecule has 0 fully saturated rings. The number of aryl methyl sites for hydroxylation is 2. The van der Waals surface area contributed by atoms with E-state index in [1.807, 2.05) is 32.0 Å². The monoisotopic (exact) mass is 300 g/mol. The second-order valence-corrected chi connectivity index (χ2v) is 5.43. The number of benzene rings is 1. The summed E-state index contributed by atoms with van der Waals surface area (Å²) < 4.78 is 2.22. The van der Waals surface area contributed by atoms with Crippen LogP contribution in [0.1, 0.15) is 29.8 Å². The topological polar surface area (TPSA) is 43.6 Å². The molecule has 0 radical (unpaired) electrons. The van der Waals surface area contributed by atoms with Gasteiger partial charge in [-0.3, -0.25) is 0 Å². The van der Waals surface area contributed by atoms with Crippen LogP contribution in [0.4, 0.5) is 0 Å². The summed E-state index contributed by atoms with van der Waals surface area (Å²) in [6, 6.07) is 8.18. The van der Waals surface area contributed by atoms with Crippen molar-refractivity contribution in [3.05, 3.63) is 52.3 Å². The van der Waals surface area contributed by atoms with Gasteiger partial charge in [0.25, 0.3) is 0 Å². The van der Waals surface area contributed by atoms with Crippen molar-refractivity contribution in [2.24, 2.45) is 0 Å². The van der Waals surface area contributed by atoms with Crippen LogP contribution in [-0.4, -0.2) is 19.5 Å². The lowest BCUT2D eigenvalue weighted by Crippen LogP contribution is -2.07. The van der Waals surface area contributed by atoms with Crippen LogP contribution in [0.2, 0.25) is 5.15 Å². The minimum absolute atomic E-state index is 0.525. The van der Waals surface area contributed by atoms with Crippen LogP contribution in [-0.2, 0) is 13.0 Å². The molecule has 108 valence electrons. The van der Waals surface area contributed by atoms with Crippen molar-refractivity contribution in [3.8, 4) is 0 Å². The molecule has 0 spiro atoms. The summed E-state index contributed by atoms with van der Waals surface area (Å²) in [7, 11) is 0. The Bertz CT molecular complexity index is 807. The first-order valence-corrected chi connectivity index (χ1v) is 7.41. The zero-order valence-corrected chi connectivity index (χ0v) is 13.1. The number of halogens is 1. The second-order valence-electron chi connectivity index (χ2n) is 5.07. The van der Waals surface area contributed by atoms with Gasteiger partial charge in [-0.25, -0.2) is 15.0 Å². The molecule has 0 saturated carbocycles. The molecule has 3 rings (SSSR count). The van der Waals surface area contributed by atoms with Gasteiger partial charge in [-0.2, -0.15) is 0 Å². The molecule has 0 aliphatic carbocycles. The SMILES string of the molecule is CCn1c(Cc2nc(C)nc(Cl)c2C)nc2ccccc21. The first-order chi connectivity index (χ1) is 10.1. The van der Waals surface area contributed by atoms with Crippen LogP contribution in [0.5, 0.6) is 0 Å². The smallest absolute Gasteiger partial charge is 0.135 e. The third-order valence-electron chi connectivity index (χ3n) is 3.67. The number of aromatic nitrogens is 4. The third-order valence-corrected chi connectivity index (χ3v) is 4.04. The van der Waals surface area contributed by atoms with Gasteiger partial charge < -0.3 is 4.57 Å². The van der Waals surface area contributed by atoms with Gasteiger partial charge in [0.05, 0.1) is 16.7 Å². The van der Waals surface area contributed by atoms with Crippen molar-refractivity contribution in [3.63, 3.8) is 0 Å². The molecule has 0 aliphatic rings. The summed E-state index contributed by atoms with van der Waals surface area (Å²) in [5.41, 5.74) is 4.04. The number of fused-ring (bicyclic) bond motifs is 1. The minimum Gasteiger partial charge on any atom is -0.328 e. The lowest BCUT2D eigenvalue weighted by atomic mass is 10.2. The highest BCUT2D eigenvalue weighted by atomic mass is 35.5. The fourth-order valence-corrected chi connectivity index (χ4v) is 2.82. The van der Waals surface area contributed by atoms with Gasteiger partial charge in [-0.15, -0.1) is 0 Å². The Labute approximate surface area is 128 Å². The van der Waals surface area contributed by atoms with Crippen molar-refractivity contribution in [2.45, 2.75) is 33.7 Å². The van der Waals surface area contributed by atoms with Crippen molar-refractivity contribution in [1.29, 1.82) is 0 Å². The Kier molecular flexibility index (Phi) is 3.64. The summed E-state index contributed by atoms with van der Waals surface area (Å²) in [5.74, 6) is 1.70. The number of nitrogens with zero attached hydrogens (tertiary/aromatic N) is 4. The van der Waals surface area contributed by atoms with E-state index in [0.717, 1.165) is 34.7 Å². The highest BCUT2D eigenvalue weighted by Gasteiger charge is 2.14. The molecule has 21 heavy (non-hydrogen) atoms. The molecule has 0 amide bonds. The first kappa shape index (κ1) is 14.0. The summed E-state index contributed by atoms with van der Waals surface area (Å²) in [4.78, 5) is 13.5. The maximum atomic E-state index is 6.16. The van der Waals surface area contributed by atoms with Crippen molar-refractivity contribution in [1.82, 2.24) is 19.5 Å². The predicted octanol–water partition coefficient (Wildman–Crippen LogP) is 3.71. The molecule has 5 heteroatoms. The molecule has 0 atom stereocenters. The normalized spacial score (nSPS) is 11.2. The molecule has 0 aliphatic heterocycles. The Morgan fingerprint density at radius 3 is 2.62 bits per heavy atom. The van der Waals surface area contributed by atoms with Crippen LogP contribution >= 0.6 is 11.6 Å². The van der Waals surface area contributed by atoms with Crippen molar-refractivity contribution in [2.75, 3.05) is 0 Å². The predicted molar refractivity (Wildman–Crippen MR) is 84.7 cm³/mol. The Morgan fingerprint density at radius 1 is 1.10 bits per heavy atom. The molecule has 0 N–H and O–H groups in total. The molecule has 2 aromatic heterocycles. The molecule has 2 heterocycles. The maximum Gasteiger partial charge on any atom is 0.135 e. The van der Waals surface area contributed by atoms with Crippen molar-refractivity contribution >= 4 is 22.6 Å². The second kappa shape index (κ2) is 5.45. The highest BCUT2D eigenvalue weighted by molar-refractivity contribution is 6.30. The van der Waals surface area contributed by atoms with Gasteiger partial charge in [0.1, 0.15) is 16.8 Å². The van der Waals surface area contributed by atoms with Gasteiger partial charge in [0.15, 0.2) is 0 Å². The zero-order chi connectivity index (χ0) is 15.0. The van der Waals surface area contributed by atoms with E-state index in [4.69, 9.17) is 16.6 Å². The van der Waals surface area contributed by atoms with E-state index in [2.05, 4.69) is 27.5 Å². The Hall–Kier alpha value is -1.94. The molecule has 0 unspecified atom stereocenters. The summed E-state index contributed by atoms with van der Waals surface area (Å²) in [5, 5.41) is 0.525. The fraction of sp³-hybridized carbons (Fsp3) is 0.312. The largest absolute Gasteiger partial charge is 0.328 e. The number of hydrogen-bond donors (Lipinski definition) is 0. The van der Waals surface area contributed by atoms with Crippen LogP contribution in [0.25, 0.3) is 11.0 Å². The van der Waals surface area contributed by atoms with Crippen LogP contribution in [0, 0.1) is 13.8 Å². The van der Waals surface area contributed by atoms with E-state index in [9.17, 15) is 0 Å². The Balaban J connectivity index is 2.10. The molecule has 1 aromatic carbocycles. The van der Waals surface area contributed by atoms with Crippen molar-refractivity contribution < 1.29 is 0 Å². The number of hydrogen-bond acceptors (Lipinski definition) is 3. The highest BCUT2D eigenvalue weighted by Crippen LogP contribution is 2.21. The average Bonchev–Trinajstić information content (AvgIpc) is 2.81. The van der Waals surface area contributed by atoms with E-state index in [-0.39, 0.29) is 0 Å². The summed E-state index contributed by atoms with van der Waals surface area (Å²) in [6.07, 6.45) is 0.664. The van der Waals surface area contributed by atoms with Gasteiger partial charge in [0.2, 0.25) is 0 Å². The maximum absolute atomic E-state index is 6.16. The average molecular weight is 301 g/mol. The number of rotatable bonds is 3. The summed E-state index contributed by atoms with van der Waals surface area (Å²) >= 11 is 6.16. The van der Waals surface area contributed by atoms with E-state index >= 15 is 0 Å². The van der Waals surface area contributed by atoms with Gasteiger partial charge in [-0.1, -0.05) is 23.7 Å². The third kappa shape index (κ3) is 2.51. The quantitative estimate of drug-likeness (QED) is 0.693. The van der Waals surface area contributed by atoms with Crippen LogP contribution in [0.3, 0.4) is 0 Å². The standard InChI is InChI=1S/C16H17ClN4/c1-4-21-14-8-6-5-7-12(14)20-15(21)9-13-10(2)16(17)19-11(3)18-13/h5-8H,4,9H2,1-3H3. The first-order valence-electron chi connectivity index (χ1n) is 7.04. The lowest BCUT2D eigenvalue weighted by molar-refractivity contribution is 0.725. The molecular formula is C16H17ClN4. The van der Waals surface area contributed by atoms with E-state index in [0.29, 0.717) is 17.4 Å². The Morgan fingerprint density at radius 2 is 1.86 bits per heavy atom. The zero-order valence-electron chi connectivity index (χ0n) is 12.4. The number of imidazole rings is 1. The molecule has 0 bridgehead atoms. The minimum atomic E-state index is 0.525. The van der Waals surface area contributed by atoms with Gasteiger partial charge >= 0.3 is 0 Å². The summed E-state index contributed by atoms with van der Waals surface area (Å²) in [6.45, 7) is 6.82. The molecule has 4 nitrogen and oxygen atoms in total. The molecule has 3 aromatic rings. The molecule has 0 saturated heterocycles. The number of para-hydroxylation sites is 2.